The van der Waals surface area contributed by atoms with Gasteiger partial charge >= 0.3 is 0 Å². The van der Waals surface area contributed by atoms with E-state index >= 15 is 0 Å². The second-order valence-corrected chi connectivity index (χ2v) is 6.28. The van der Waals surface area contributed by atoms with E-state index in [0.717, 1.165) is 28.7 Å². The van der Waals surface area contributed by atoms with E-state index < -0.39 is 0 Å². The van der Waals surface area contributed by atoms with Crippen molar-refractivity contribution in [2.45, 2.75) is 25.8 Å². The van der Waals surface area contributed by atoms with Crippen LogP contribution in [0.25, 0.3) is 10.2 Å². The molecule has 0 radical (unpaired) electrons. The highest BCUT2D eigenvalue weighted by molar-refractivity contribution is 7.17. The molecule has 3 aromatic rings. The maximum Gasteiger partial charge on any atom is 0.271 e. The van der Waals surface area contributed by atoms with Gasteiger partial charge in [0, 0.05) is 12.5 Å². The van der Waals surface area contributed by atoms with Gasteiger partial charge in [-0.25, -0.2) is 4.98 Å². The number of fused-ring (bicyclic) bond motifs is 2. The first-order valence-electron chi connectivity index (χ1n) is 6.75. The summed E-state index contributed by atoms with van der Waals surface area (Å²) < 4.78 is 2.54. The second-order valence-electron chi connectivity index (χ2n) is 5.40. The van der Waals surface area contributed by atoms with Crippen LogP contribution in [0.15, 0.2) is 40.8 Å². The Bertz CT molecular complexity index is 862. The summed E-state index contributed by atoms with van der Waals surface area (Å²) in [5.74, 6) is 0.448. The Kier molecular flexibility index (Phi) is 2.54. The fraction of sp³-hybridized carbons (Fsp3) is 0.250. The molecule has 0 saturated carbocycles. The minimum Gasteiger partial charge on any atom is -0.297 e. The summed E-state index contributed by atoms with van der Waals surface area (Å²) in [4.78, 5) is 16.9. The van der Waals surface area contributed by atoms with Crippen LogP contribution in [0.1, 0.15) is 22.6 Å². The number of thiophene rings is 1. The lowest BCUT2D eigenvalue weighted by molar-refractivity contribution is 0.497. The molecule has 4 heteroatoms. The highest BCUT2D eigenvalue weighted by Gasteiger charge is 2.26. The zero-order valence-electron chi connectivity index (χ0n) is 11.2. The monoisotopic (exact) mass is 282 g/mol. The molecule has 100 valence electrons. The fourth-order valence-electron chi connectivity index (χ4n) is 2.95. The summed E-state index contributed by atoms with van der Waals surface area (Å²) in [6, 6.07) is 8.47. The van der Waals surface area contributed by atoms with Crippen LogP contribution in [0.5, 0.6) is 0 Å². The first-order chi connectivity index (χ1) is 9.74. The Morgan fingerprint density at radius 1 is 1.40 bits per heavy atom. The summed E-state index contributed by atoms with van der Waals surface area (Å²) in [6.07, 6.45) is 2.76. The van der Waals surface area contributed by atoms with Crippen molar-refractivity contribution in [2.24, 2.45) is 0 Å². The molecule has 0 aliphatic heterocycles. The number of hydrogen-bond acceptors (Lipinski definition) is 3. The Labute approximate surface area is 120 Å². The van der Waals surface area contributed by atoms with E-state index in [4.69, 9.17) is 0 Å². The van der Waals surface area contributed by atoms with Gasteiger partial charge < -0.3 is 0 Å². The van der Waals surface area contributed by atoms with E-state index in [1.165, 1.54) is 22.5 Å². The molecule has 1 unspecified atom stereocenters. The number of aromatic nitrogens is 2. The van der Waals surface area contributed by atoms with Crippen LogP contribution in [0.2, 0.25) is 0 Å². The topological polar surface area (TPSA) is 34.9 Å². The van der Waals surface area contributed by atoms with E-state index in [9.17, 15) is 4.79 Å². The molecule has 0 spiro atoms. The van der Waals surface area contributed by atoms with Gasteiger partial charge in [-0.2, -0.15) is 0 Å². The van der Waals surface area contributed by atoms with Gasteiger partial charge in [-0.1, -0.05) is 24.3 Å². The lowest BCUT2D eigenvalue weighted by Gasteiger charge is -2.30. The zero-order valence-corrected chi connectivity index (χ0v) is 12.0. The third-order valence-corrected chi connectivity index (χ3v) is 5.18. The average Bonchev–Trinajstić information content (AvgIpc) is 2.81. The molecule has 1 aliphatic carbocycles. The lowest BCUT2D eigenvalue weighted by atomic mass is 9.77. The SMILES string of the molecule is Cc1csc2c(=O)n(CC3Cc4ccccc43)cnc12. The Morgan fingerprint density at radius 2 is 2.25 bits per heavy atom. The number of benzene rings is 1. The molecule has 1 atom stereocenters. The highest BCUT2D eigenvalue weighted by Crippen LogP contribution is 2.35. The largest absolute Gasteiger partial charge is 0.297 e. The maximum absolute atomic E-state index is 12.5. The molecule has 0 bridgehead atoms. The Balaban J connectivity index is 1.71. The molecule has 0 N–H and O–H groups in total. The van der Waals surface area contributed by atoms with Crippen LogP contribution >= 0.6 is 11.3 Å². The van der Waals surface area contributed by atoms with Gasteiger partial charge in [0.15, 0.2) is 0 Å². The molecular formula is C16H14N2OS. The van der Waals surface area contributed by atoms with Gasteiger partial charge in [-0.15, -0.1) is 11.3 Å². The third kappa shape index (κ3) is 1.64. The van der Waals surface area contributed by atoms with Crippen molar-refractivity contribution in [1.82, 2.24) is 9.55 Å². The van der Waals surface area contributed by atoms with Crippen molar-refractivity contribution in [1.29, 1.82) is 0 Å². The van der Waals surface area contributed by atoms with E-state index in [-0.39, 0.29) is 5.56 Å². The predicted molar refractivity (Wildman–Crippen MR) is 81.5 cm³/mol. The van der Waals surface area contributed by atoms with Crippen LogP contribution in [-0.4, -0.2) is 9.55 Å². The molecule has 1 aliphatic rings. The Hall–Kier alpha value is -1.94. The molecule has 20 heavy (non-hydrogen) atoms. The lowest BCUT2D eigenvalue weighted by Crippen LogP contribution is -2.28. The van der Waals surface area contributed by atoms with Crippen molar-refractivity contribution in [2.75, 3.05) is 0 Å². The predicted octanol–water partition coefficient (Wildman–Crippen LogP) is 3.11. The van der Waals surface area contributed by atoms with Crippen LogP contribution in [0.3, 0.4) is 0 Å². The van der Waals surface area contributed by atoms with E-state index in [2.05, 4.69) is 29.2 Å². The van der Waals surface area contributed by atoms with Gasteiger partial charge in [0.1, 0.15) is 4.70 Å². The minimum absolute atomic E-state index is 0.0949. The normalized spacial score (nSPS) is 16.9. The van der Waals surface area contributed by atoms with E-state index in [1.54, 1.807) is 10.9 Å². The number of hydrogen-bond donors (Lipinski definition) is 0. The highest BCUT2D eigenvalue weighted by atomic mass is 32.1. The standard InChI is InChI=1S/C16H14N2OS/c1-10-8-20-15-14(10)17-9-18(16(15)19)7-12-6-11-4-2-3-5-13(11)12/h2-5,8-9,12H,6-7H2,1H3. The molecule has 0 fully saturated rings. The molecule has 2 heterocycles. The number of rotatable bonds is 2. The summed E-state index contributed by atoms with van der Waals surface area (Å²) in [6.45, 7) is 2.73. The van der Waals surface area contributed by atoms with Gasteiger partial charge in [0.2, 0.25) is 0 Å². The van der Waals surface area contributed by atoms with Crippen molar-refractivity contribution >= 4 is 21.6 Å². The number of nitrogens with zero attached hydrogens (tertiary/aromatic N) is 2. The van der Waals surface area contributed by atoms with Crippen LogP contribution < -0.4 is 5.56 Å². The van der Waals surface area contributed by atoms with Crippen LogP contribution in [0, 0.1) is 6.92 Å². The van der Waals surface area contributed by atoms with Crippen molar-refractivity contribution in [3.05, 3.63) is 63.0 Å². The molecule has 2 aromatic heterocycles. The van der Waals surface area contributed by atoms with E-state index in [1.807, 2.05) is 12.3 Å². The molecule has 3 nitrogen and oxygen atoms in total. The molecule has 0 saturated heterocycles. The van der Waals surface area contributed by atoms with Crippen LogP contribution in [-0.2, 0) is 13.0 Å². The zero-order chi connectivity index (χ0) is 13.7. The third-order valence-electron chi connectivity index (χ3n) is 4.10. The maximum atomic E-state index is 12.5. The average molecular weight is 282 g/mol. The van der Waals surface area contributed by atoms with Gasteiger partial charge in [-0.05, 0) is 35.4 Å². The molecular weight excluding hydrogens is 268 g/mol. The minimum atomic E-state index is 0.0949. The van der Waals surface area contributed by atoms with Crippen molar-refractivity contribution < 1.29 is 0 Å². The molecule has 0 amide bonds. The molecule has 1 aromatic carbocycles. The van der Waals surface area contributed by atoms with Crippen molar-refractivity contribution in [3.63, 3.8) is 0 Å². The molecule has 4 rings (SSSR count). The smallest absolute Gasteiger partial charge is 0.271 e. The van der Waals surface area contributed by atoms with E-state index in [0.29, 0.717) is 5.92 Å². The second kappa shape index (κ2) is 4.28. The van der Waals surface area contributed by atoms with Crippen LogP contribution in [0.4, 0.5) is 0 Å². The summed E-state index contributed by atoms with van der Waals surface area (Å²) >= 11 is 1.50. The van der Waals surface area contributed by atoms with Gasteiger partial charge in [0.05, 0.1) is 11.8 Å². The summed E-state index contributed by atoms with van der Waals surface area (Å²) in [5.41, 5.74) is 4.82. The number of aryl methyl sites for hydroxylation is 1. The first kappa shape index (κ1) is 11.9. The quantitative estimate of drug-likeness (QED) is 0.724. The summed E-state index contributed by atoms with van der Waals surface area (Å²) in [7, 11) is 0. The van der Waals surface area contributed by atoms with Gasteiger partial charge in [0.25, 0.3) is 5.56 Å². The first-order valence-corrected chi connectivity index (χ1v) is 7.63. The fourth-order valence-corrected chi connectivity index (χ4v) is 3.90. The summed E-state index contributed by atoms with van der Waals surface area (Å²) in [5, 5.41) is 2.00. The van der Waals surface area contributed by atoms with Gasteiger partial charge in [-0.3, -0.25) is 9.36 Å². The van der Waals surface area contributed by atoms with Crippen molar-refractivity contribution in [3.8, 4) is 0 Å². The Morgan fingerprint density at radius 3 is 3.10 bits per heavy atom.